The third kappa shape index (κ3) is 3.31. The van der Waals surface area contributed by atoms with Gasteiger partial charge < -0.3 is 9.26 Å². The van der Waals surface area contributed by atoms with Crippen LogP contribution in [0.3, 0.4) is 0 Å². The minimum atomic E-state index is 0.0538. The van der Waals surface area contributed by atoms with Gasteiger partial charge in [0.2, 0.25) is 5.82 Å². The fourth-order valence-electron chi connectivity index (χ4n) is 3.43. The Morgan fingerprint density at radius 1 is 1.26 bits per heavy atom. The molecule has 1 aromatic heterocycles. The zero-order valence-corrected chi connectivity index (χ0v) is 15.5. The van der Waals surface area contributed by atoms with Crippen LogP contribution in [-0.2, 0) is 12.8 Å². The Kier molecular flexibility index (Phi) is 4.64. The average Bonchev–Trinajstić information content (AvgIpc) is 3.37. The van der Waals surface area contributed by atoms with Crippen LogP contribution in [0.15, 0.2) is 40.9 Å². The maximum absolute atomic E-state index is 9.47. The van der Waals surface area contributed by atoms with Crippen molar-refractivity contribution in [1.82, 2.24) is 10.1 Å². The van der Waals surface area contributed by atoms with Gasteiger partial charge in [0.15, 0.2) is 0 Å². The van der Waals surface area contributed by atoms with Gasteiger partial charge in [-0.3, -0.25) is 0 Å². The van der Waals surface area contributed by atoms with E-state index in [0.717, 1.165) is 30.4 Å². The van der Waals surface area contributed by atoms with Crippen LogP contribution in [0.4, 0.5) is 0 Å². The summed E-state index contributed by atoms with van der Waals surface area (Å²) >= 11 is 0. The molecule has 3 aromatic rings. The van der Waals surface area contributed by atoms with Crippen molar-refractivity contribution in [3.8, 4) is 34.7 Å². The third-order valence-corrected chi connectivity index (χ3v) is 5.06. The van der Waals surface area contributed by atoms with Gasteiger partial charge in [-0.1, -0.05) is 30.3 Å². The van der Waals surface area contributed by atoms with Crippen molar-refractivity contribution in [2.75, 3.05) is 0 Å². The number of aryl methyl sites for hydroxylation is 1. The number of rotatable bonds is 5. The van der Waals surface area contributed by atoms with Gasteiger partial charge >= 0.3 is 0 Å². The molecule has 1 heterocycles. The fourth-order valence-corrected chi connectivity index (χ4v) is 3.43. The lowest BCUT2D eigenvalue weighted by Crippen LogP contribution is -2.10. The molecule has 0 fully saturated rings. The lowest BCUT2D eigenvalue weighted by molar-refractivity contribution is 0.217. The maximum Gasteiger partial charge on any atom is 0.258 e. The summed E-state index contributed by atoms with van der Waals surface area (Å²) in [4.78, 5) is 4.58. The second-order valence-electron chi connectivity index (χ2n) is 6.88. The van der Waals surface area contributed by atoms with Crippen molar-refractivity contribution in [2.45, 2.75) is 45.6 Å². The van der Waals surface area contributed by atoms with Crippen LogP contribution in [0.2, 0.25) is 0 Å². The summed E-state index contributed by atoms with van der Waals surface area (Å²) in [6, 6.07) is 13.8. The maximum atomic E-state index is 9.47. The van der Waals surface area contributed by atoms with E-state index in [2.05, 4.69) is 22.3 Å². The van der Waals surface area contributed by atoms with Crippen LogP contribution in [0, 0.1) is 11.3 Å². The fraction of sp³-hybridized carbons (Fsp3) is 0.318. The molecule has 2 aromatic carbocycles. The standard InChI is InChI=1S/C22H21N3O2/c1-3-14(2)26-20-11-10-16(12-17(20)13-23)22-24-21(25-27-22)19-9-5-7-15-6-4-8-18(15)19/h5,7,9-12,14H,3-4,6,8H2,1-2H3. The first-order valence-electron chi connectivity index (χ1n) is 9.35. The largest absolute Gasteiger partial charge is 0.489 e. The molecule has 0 N–H and O–H groups in total. The second kappa shape index (κ2) is 7.24. The van der Waals surface area contributed by atoms with Gasteiger partial charge in [0.05, 0.1) is 11.7 Å². The Hall–Kier alpha value is -3.13. The zero-order chi connectivity index (χ0) is 18.8. The van der Waals surface area contributed by atoms with Crippen molar-refractivity contribution in [3.63, 3.8) is 0 Å². The number of nitriles is 1. The van der Waals surface area contributed by atoms with E-state index in [-0.39, 0.29) is 6.10 Å². The summed E-state index contributed by atoms with van der Waals surface area (Å²) in [5.74, 6) is 1.59. The summed E-state index contributed by atoms with van der Waals surface area (Å²) in [5.41, 5.74) is 4.91. The first-order valence-corrected chi connectivity index (χ1v) is 9.35. The molecule has 136 valence electrons. The van der Waals surface area contributed by atoms with Gasteiger partial charge in [-0.2, -0.15) is 10.2 Å². The molecule has 4 rings (SSSR count). The van der Waals surface area contributed by atoms with Gasteiger partial charge in [-0.25, -0.2) is 0 Å². The molecule has 1 unspecified atom stereocenters. The van der Waals surface area contributed by atoms with Crippen molar-refractivity contribution in [1.29, 1.82) is 5.26 Å². The molecular formula is C22H21N3O2. The van der Waals surface area contributed by atoms with Crippen molar-refractivity contribution < 1.29 is 9.26 Å². The van der Waals surface area contributed by atoms with E-state index >= 15 is 0 Å². The molecule has 0 spiro atoms. The molecule has 0 saturated heterocycles. The Morgan fingerprint density at radius 3 is 2.96 bits per heavy atom. The smallest absolute Gasteiger partial charge is 0.258 e. The number of benzene rings is 2. The first-order chi connectivity index (χ1) is 13.2. The third-order valence-electron chi connectivity index (χ3n) is 5.06. The molecule has 0 amide bonds. The van der Waals surface area contributed by atoms with Gasteiger partial charge in [0.1, 0.15) is 11.8 Å². The monoisotopic (exact) mass is 359 g/mol. The van der Waals surface area contributed by atoms with Crippen LogP contribution in [0.1, 0.15) is 43.4 Å². The molecule has 5 heteroatoms. The van der Waals surface area contributed by atoms with E-state index in [0.29, 0.717) is 23.0 Å². The summed E-state index contributed by atoms with van der Waals surface area (Å²) in [5, 5.41) is 13.6. The van der Waals surface area contributed by atoms with Gasteiger partial charge in [-0.05, 0) is 61.9 Å². The van der Waals surface area contributed by atoms with E-state index in [1.807, 2.05) is 32.0 Å². The highest BCUT2D eigenvalue weighted by molar-refractivity contribution is 5.66. The number of hydrogen-bond acceptors (Lipinski definition) is 5. The summed E-state index contributed by atoms with van der Waals surface area (Å²) < 4.78 is 11.3. The van der Waals surface area contributed by atoms with Crippen LogP contribution in [-0.4, -0.2) is 16.2 Å². The van der Waals surface area contributed by atoms with Gasteiger partial charge in [0, 0.05) is 11.1 Å². The predicted octanol–water partition coefficient (Wildman–Crippen LogP) is 4.94. The zero-order valence-electron chi connectivity index (χ0n) is 15.5. The van der Waals surface area contributed by atoms with Crippen LogP contribution in [0.25, 0.3) is 22.8 Å². The van der Waals surface area contributed by atoms with Crippen molar-refractivity contribution >= 4 is 0 Å². The Morgan fingerprint density at radius 2 is 2.15 bits per heavy atom. The number of fused-ring (bicyclic) bond motifs is 1. The summed E-state index contributed by atoms with van der Waals surface area (Å²) in [6.45, 7) is 4.03. The highest BCUT2D eigenvalue weighted by Crippen LogP contribution is 2.33. The molecular weight excluding hydrogens is 338 g/mol. The minimum absolute atomic E-state index is 0.0538. The second-order valence-corrected chi connectivity index (χ2v) is 6.88. The highest BCUT2D eigenvalue weighted by atomic mass is 16.5. The topological polar surface area (TPSA) is 71.9 Å². The van der Waals surface area contributed by atoms with Gasteiger partial charge in [0.25, 0.3) is 5.89 Å². The SMILES string of the molecule is CCC(C)Oc1ccc(-c2nc(-c3cccc4c3CCC4)no2)cc1C#N. The molecule has 27 heavy (non-hydrogen) atoms. The van der Waals surface area contributed by atoms with Crippen molar-refractivity contribution in [2.24, 2.45) is 0 Å². The highest BCUT2D eigenvalue weighted by Gasteiger charge is 2.20. The summed E-state index contributed by atoms with van der Waals surface area (Å²) in [6.07, 6.45) is 4.26. The minimum Gasteiger partial charge on any atom is -0.489 e. The van der Waals surface area contributed by atoms with Crippen LogP contribution < -0.4 is 4.74 Å². The van der Waals surface area contributed by atoms with E-state index in [1.54, 1.807) is 12.1 Å². The molecule has 0 saturated carbocycles. The predicted molar refractivity (Wildman–Crippen MR) is 102 cm³/mol. The molecule has 1 atom stereocenters. The van der Waals surface area contributed by atoms with E-state index in [4.69, 9.17) is 9.26 Å². The van der Waals surface area contributed by atoms with E-state index in [1.165, 1.54) is 17.5 Å². The molecule has 1 aliphatic carbocycles. The van der Waals surface area contributed by atoms with Crippen molar-refractivity contribution in [3.05, 3.63) is 53.1 Å². The molecule has 1 aliphatic rings. The quantitative estimate of drug-likeness (QED) is 0.645. The molecule has 5 nitrogen and oxygen atoms in total. The molecule has 0 bridgehead atoms. The lowest BCUT2D eigenvalue weighted by atomic mass is 10.0. The summed E-state index contributed by atoms with van der Waals surface area (Å²) in [7, 11) is 0. The average molecular weight is 359 g/mol. The Bertz CT molecular complexity index is 1020. The number of nitrogens with zero attached hydrogens (tertiary/aromatic N) is 3. The van der Waals surface area contributed by atoms with E-state index < -0.39 is 0 Å². The Balaban J connectivity index is 1.66. The van der Waals surface area contributed by atoms with Crippen LogP contribution in [0.5, 0.6) is 5.75 Å². The number of ether oxygens (including phenoxy) is 1. The molecule has 0 aliphatic heterocycles. The normalized spacial score (nSPS) is 13.8. The first kappa shape index (κ1) is 17.3. The Labute approximate surface area is 158 Å². The molecule has 0 radical (unpaired) electrons. The number of hydrogen-bond donors (Lipinski definition) is 0. The van der Waals surface area contributed by atoms with Crippen LogP contribution >= 0.6 is 0 Å². The van der Waals surface area contributed by atoms with Gasteiger partial charge in [-0.15, -0.1) is 0 Å². The number of aromatic nitrogens is 2. The van der Waals surface area contributed by atoms with E-state index in [9.17, 15) is 5.26 Å². The lowest BCUT2D eigenvalue weighted by Gasteiger charge is -2.13.